The van der Waals surface area contributed by atoms with E-state index >= 15 is 0 Å². The number of benzene rings is 1. The Hall–Kier alpha value is -1.55. The molecule has 0 saturated heterocycles. The van der Waals surface area contributed by atoms with E-state index in [2.05, 4.69) is 30.5 Å². The maximum absolute atomic E-state index is 12.0. The summed E-state index contributed by atoms with van der Waals surface area (Å²) in [7, 11) is 0. The summed E-state index contributed by atoms with van der Waals surface area (Å²) >= 11 is 0. The number of carbonyl (C=O) groups is 1. The minimum atomic E-state index is -0.467. The van der Waals surface area contributed by atoms with Crippen LogP contribution in [0.1, 0.15) is 51.6 Å². The highest BCUT2D eigenvalue weighted by molar-refractivity contribution is 5.81. The topological polar surface area (TPSA) is 50.4 Å². The van der Waals surface area contributed by atoms with Gasteiger partial charge < -0.3 is 15.4 Å². The third kappa shape index (κ3) is 4.46. The summed E-state index contributed by atoms with van der Waals surface area (Å²) in [5, 5.41) is 6.44. The molecule has 4 heteroatoms. The number of amides is 1. The number of hydrogen-bond donors (Lipinski definition) is 2. The fraction of sp³-hybridized carbons (Fsp3) is 0.588. The second kappa shape index (κ2) is 7.46. The van der Waals surface area contributed by atoms with E-state index < -0.39 is 6.10 Å². The van der Waals surface area contributed by atoms with Crippen LogP contribution in [0.4, 0.5) is 0 Å². The quantitative estimate of drug-likeness (QED) is 0.774. The van der Waals surface area contributed by atoms with Crippen LogP contribution in [0.2, 0.25) is 0 Å². The molecule has 0 radical (unpaired) electrons. The number of nitrogens with one attached hydrogen (secondary N) is 2. The summed E-state index contributed by atoms with van der Waals surface area (Å²) in [5.41, 5.74) is 1.12. The van der Waals surface area contributed by atoms with Crippen molar-refractivity contribution in [1.29, 1.82) is 0 Å². The Balaban J connectivity index is 2.05. The van der Waals surface area contributed by atoms with Gasteiger partial charge in [-0.15, -0.1) is 0 Å². The molecule has 21 heavy (non-hydrogen) atoms. The van der Waals surface area contributed by atoms with Gasteiger partial charge >= 0.3 is 0 Å². The number of ether oxygens (including phenoxy) is 1. The van der Waals surface area contributed by atoms with Gasteiger partial charge in [-0.25, -0.2) is 0 Å². The summed E-state index contributed by atoms with van der Waals surface area (Å²) in [5.74, 6) is 0.771. The van der Waals surface area contributed by atoms with Crippen molar-refractivity contribution in [1.82, 2.24) is 10.6 Å². The Labute approximate surface area is 127 Å². The van der Waals surface area contributed by atoms with Gasteiger partial charge in [0.25, 0.3) is 5.91 Å². The Morgan fingerprint density at radius 1 is 1.33 bits per heavy atom. The van der Waals surface area contributed by atoms with Crippen molar-refractivity contribution in [2.75, 3.05) is 6.54 Å². The largest absolute Gasteiger partial charge is 0.481 e. The second-order valence-corrected chi connectivity index (χ2v) is 5.60. The van der Waals surface area contributed by atoms with E-state index in [0.717, 1.165) is 37.1 Å². The molecule has 2 rings (SSSR count). The summed E-state index contributed by atoms with van der Waals surface area (Å²) < 4.78 is 5.91. The molecule has 1 saturated carbocycles. The zero-order valence-corrected chi connectivity index (χ0v) is 13.2. The van der Waals surface area contributed by atoms with Crippen molar-refractivity contribution in [3.8, 4) is 5.75 Å². The van der Waals surface area contributed by atoms with E-state index in [-0.39, 0.29) is 11.9 Å². The molecule has 0 bridgehead atoms. The number of carbonyl (C=O) groups excluding carboxylic acids is 1. The van der Waals surface area contributed by atoms with Gasteiger partial charge in [-0.3, -0.25) is 4.79 Å². The van der Waals surface area contributed by atoms with Crippen molar-refractivity contribution in [2.45, 2.75) is 58.2 Å². The molecule has 4 nitrogen and oxygen atoms in total. The van der Waals surface area contributed by atoms with Gasteiger partial charge in [0.1, 0.15) is 5.75 Å². The van der Waals surface area contributed by atoms with Gasteiger partial charge in [0.2, 0.25) is 0 Å². The first-order valence-electron chi connectivity index (χ1n) is 7.95. The van der Waals surface area contributed by atoms with Crippen molar-refractivity contribution in [2.24, 2.45) is 0 Å². The van der Waals surface area contributed by atoms with Crippen LogP contribution in [0.3, 0.4) is 0 Å². The average molecular weight is 290 g/mol. The molecule has 2 atom stereocenters. The van der Waals surface area contributed by atoms with Crippen LogP contribution in [-0.4, -0.2) is 24.6 Å². The monoisotopic (exact) mass is 290 g/mol. The van der Waals surface area contributed by atoms with Crippen LogP contribution in [0.25, 0.3) is 0 Å². The smallest absolute Gasteiger partial charge is 0.260 e. The summed E-state index contributed by atoms with van der Waals surface area (Å²) in [6.07, 6.45) is 2.70. The van der Waals surface area contributed by atoms with Gasteiger partial charge in [0, 0.05) is 17.6 Å². The molecule has 1 aliphatic rings. The van der Waals surface area contributed by atoms with E-state index in [4.69, 9.17) is 4.74 Å². The molecular weight excluding hydrogens is 264 g/mol. The minimum Gasteiger partial charge on any atom is -0.481 e. The standard InChI is InChI=1S/C17H26N2O2/c1-4-15(18-5-2)14-8-6-7-9-16(14)21-12(3)17(20)19-13-10-11-13/h6-9,12-13,15,18H,4-5,10-11H2,1-3H3,(H,19,20). The van der Waals surface area contributed by atoms with Crippen molar-refractivity contribution >= 4 is 5.91 Å². The Morgan fingerprint density at radius 2 is 2.05 bits per heavy atom. The minimum absolute atomic E-state index is 0.0243. The molecule has 1 aliphatic carbocycles. The lowest BCUT2D eigenvalue weighted by Crippen LogP contribution is -2.37. The lowest BCUT2D eigenvalue weighted by Gasteiger charge is -2.22. The zero-order valence-electron chi connectivity index (χ0n) is 13.2. The zero-order chi connectivity index (χ0) is 15.2. The predicted octanol–water partition coefficient (Wildman–Crippen LogP) is 2.79. The molecule has 0 spiro atoms. The van der Waals surface area contributed by atoms with Crippen LogP contribution >= 0.6 is 0 Å². The molecule has 1 fully saturated rings. The molecule has 0 aliphatic heterocycles. The average Bonchev–Trinajstić information content (AvgIpc) is 3.29. The van der Waals surface area contributed by atoms with Gasteiger partial charge in [0.15, 0.2) is 6.10 Å². The lowest BCUT2D eigenvalue weighted by atomic mass is 10.0. The molecule has 1 aromatic rings. The third-order valence-corrected chi connectivity index (χ3v) is 3.75. The molecule has 0 heterocycles. The first kappa shape index (κ1) is 15.8. The summed E-state index contributed by atoms with van der Waals surface area (Å²) in [6.45, 7) is 6.96. The summed E-state index contributed by atoms with van der Waals surface area (Å²) in [6, 6.07) is 8.59. The van der Waals surface area contributed by atoms with Crippen LogP contribution in [0.5, 0.6) is 5.75 Å². The highest BCUT2D eigenvalue weighted by atomic mass is 16.5. The molecule has 1 aromatic carbocycles. The van der Waals surface area contributed by atoms with Gasteiger partial charge in [0.05, 0.1) is 0 Å². The van der Waals surface area contributed by atoms with Crippen molar-refractivity contribution in [3.63, 3.8) is 0 Å². The maximum atomic E-state index is 12.0. The first-order chi connectivity index (χ1) is 10.2. The molecule has 0 aromatic heterocycles. The van der Waals surface area contributed by atoms with Crippen molar-refractivity contribution < 1.29 is 9.53 Å². The van der Waals surface area contributed by atoms with Crippen LogP contribution in [0, 0.1) is 0 Å². The maximum Gasteiger partial charge on any atom is 0.260 e. The van der Waals surface area contributed by atoms with Crippen LogP contribution in [0.15, 0.2) is 24.3 Å². The highest BCUT2D eigenvalue weighted by Crippen LogP contribution is 2.28. The second-order valence-electron chi connectivity index (χ2n) is 5.60. The van der Waals surface area contributed by atoms with Gasteiger partial charge in [-0.2, -0.15) is 0 Å². The van der Waals surface area contributed by atoms with Crippen LogP contribution < -0.4 is 15.4 Å². The molecule has 2 N–H and O–H groups in total. The SMILES string of the molecule is CCNC(CC)c1ccccc1OC(C)C(=O)NC1CC1. The lowest BCUT2D eigenvalue weighted by molar-refractivity contribution is -0.127. The van der Waals surface area contributed by atoms with E-state index in [1.54, 1.807) is 0 Å². The Kier molecular flexibility index (Phi) is 5.62. The van der Waals surface area contributed by atoms with E-state index in [1.807, 2.05) is 25.1 Å². The fourth-order valence-corrected chi connectivity index (χ4v) is 2.39. The van der Waals surface area contributed by atoms with Gasteiger partial charge in [-0.1, -0.05) is 32.0 Å². The van der Waals surface area contributed by atoms with E-state index in [1.165, 1.54) is 0 Å². The molecule has 116 valence electrons. The first-order valence-corrected chi connectivity index (χ1v) is 7.95. The summed E-state index contributed by atoms with van der Waals surface area (Å²) in [4.78, 5) is 12.0. The highest BCUT2D eigenvalue weighted by Gasteiger charge is 2.27. The molecule has 2 unspecified atom stereocenters. The predicted molar refractivity (Wildman–Crippen MR) is 84.4 cm³/mol. The normalized spacial score (nSPS) is 17.1. The molecular formula is C17H26N2O2. The number of hydrogen-bond acceptors (Lipinski definition) is 3. The van der Waals surface area contributed by atoms with Crippen molar-refractivity contribution in [3.05, 3.63) is 29.8 Å². The van der Waals surface area contributed by atoms with Crippen LogP contribution in [-0.2, 0) is 4.79 Å². The van der Waals surface area contributed by atoms with E-state index in [0.29, 0.717) is 6.04 Å². The van der Waals surface area contributed by atoms with Gasteiger partial charge in [-0.05, 0) is 38.8 Å². The number of para-hydroxylation sites is 1. The van der Waals surface area contributed by atoms with E-state index in [9.17, 15) is 4.79 Å². The number of rotatable bonds is 8. The fourth-order valence-electron chi connectivity index (χ4n) is 2.39. The third-order valence-electron chi connectivity index (χ3n) is 3.75. The Bertz CT molecular complexity index is 472. The Morgan fingerprint density at radius 3 is 2.67 bits per heavy atom. The molecule has 1 amide bonds.